The van der Waals surface area contributed by atoms with Crippen molar-refractivity contribution < 1.29 is 19.1 Å². The fourth-order valence-corrected chi connectivity index (χ4v) is 2.32. The van der Waals surface area contributed by atoms with Crippen molar-refractivity contribution in [1.29, 1.82) is 0 Å². The van der Waals surface area contributed by atoms with Crippen LogP contribution in [0.25, 0.3) is 6.08 Å². The van der Waals surface area contributed by atoms with Crippen LogP contribution < -0.4 is 10.1 Å². The number of amides is 1. The third kappa shape index (κ3) is 5.80. The quantitative estimate of drug-likeness (QED) is 0.622. The Balaban J connectivity index is 2.03. The summed E-state index contributed by atoms with van der Waals surface area (Å²) < 4.78 is 9.93. The molecule has 1 amide bonds. The Morgan fingerprint density at radius 1 is 1.08 bits per heavy atom. The van der Waals surface area contributed by atoms with Gasteiger partial charge in [-0.1, -0.05) is 42.5 Å². The van der Waals surface area contributed by atoms with Crippen LogP contribution in [0.2, 0.25) is 0 Å². The van der Waals surface area contributed by atoms with Gasteiger partial charge in [0.05, 0.1) is 14.2 Å². The summed E-state index contributed by atoms with van der Waals surface area (Å²) in [6, 6.07) is 16.0. The number of nitrogens with one attached hydrogen (secondary N) is 1. The second-order valence-corrected chi connectivity index (χ2v) is 5.38. The summed E-state index contributed by atoms with van der Waals surface area (Å²) in [5, 5.41) is 2.68. The number of esters is 1. The Labute approximate surface area is 147 Å². The predicted octanol–water partition coefficient (Wildman–Crippen LogP) is 2.61. The van der Waals surface area contributed by atoms with Crippen LogP contribution in [0.3, 0.4) is 0 Å². The molecule has 0 bridgehead atoms. The molecule has 0 aliphatic heterocycles. The third-order valence-electron chi connectivity index (χ3n) is 3.61. The Bertz CT molecular complexity index is 740. The van der Waals surface area contributed by atoms with Crippen molar-refractivity contribution in [2.75, 3.05) is 14.2 Å². The van der Waals surface area contributed by atoms with Gasteiger partial charge in [-0.05, 0) is 29.3 Å². The van der Waals surface area contributed by atoms with Gasteiger partial charge in [0.25, 0.3) is 0 Å². The Morgan fingerprint density at radius 3 is 2.52 bits per heavy atom. The maximum atomic E-state index is 12.2. The highest BCUT2D eigenvalue weighted by molar-refractivity contribution is 5.94. The van der Waals surface area contributed by atoms with Crippen LogP contribution >= 0.6 is 0 Å². The number of hydrogen-bond donors (Lipinski definition) is 1. The normalized spacial score (nSPS) is 11.8. The lowest BCUT2D eigenvalue weighted by Crippen LogP contribution is -2.42. The number of benzene rings is 2. The molecule has 5 heteroatoms. The van der Waals surface area contributed by atoms with Crippen LogP contribution in [0.4, 0.5) is 0 Å². The molecule has 0 aliphatic rings. The average Bonchev–Trinajstić information content (AvgIpc) is 2.66. The molecular weight excluding hydrogens is 318 g/mol. The summed E-state index contributed by atoms with van der Waals surface area (Å²) >= 11 is 0. The molecule has 2 aromatic carbocycles. The molecule has 130 valence electrons. The van der Waals surface area contributed by atoms with E-state index in [-0.39, 0.29) is 5.91 Å². The van der Waals surface area contributed by atoms with Gasteiger partial charge in [-0.2, -0.15) is 0 Å². The van der Waals surface area contributed by atoms with E-state index in [0.29, 0.717) is 12.2 Å². The van der Waals surface area contributed by atoms with E-state index >= 15 is 0 Å². The largest absolute Gasteiger partial charge is 0.497 e. The minimum Gasteiger partial charge on any atom is -0.497 e. The first kappa shape index (κ1) is 18.3. The molecule has 2 rings (SSSR count). The van der Waals surface area contributed by atoms with E-state index in [2.05, 4.69) is 5.32 Å². The topological polar surface area (TPSA) is 64.6 Å². The molecule has 0 saturated heterocycles. The van der Waals surface area contributed by atoms with Crippen molar-refractivity contribution in [1.82, 2.24) is 5.32 Å². The van der Waals surface area contributed by atoms with Crippen LogP contribution in [0, 0.1) is 0 Å². The molecule has 0 saturated carbocycles. The zero-order valence-corrected chi connectivity index (χ0v) is 14.3. The maximum Gasteiger partial charge on any atom is 0.328 e. The van der Waals surface area contributed by atoms with Crippen molar-refractivity contribution in [2.24, 2.45) is 0 Å². The molecule has 0 aromatic heterocycles. The fraction of sp³-hybridized carbons (Fsp3) is 0.200. The maximum absolute atomic E-state index is 12.2. The van der Waals surface area contributed by atoms with Crippen molar-refractivity contribution in [3.8, 4) is 5.75 Å². The molecule has 5 nitrogen and oxygen atoms in total. The Morgan fingerprint density at radius 2 is 1.84 bits per heavy atom. The molecular formula is C20H21NO4. The Kier molecular flexibility index (Phi) is 6.77. The summed E-state index contributed by atoms with van der Waals surface area (Å²) in [6.45, 7) is 0. The van der Waals surface area contributed by atoms with Crippen molar-refractivity contribution >= 4 is 18.0 Å². The molecule has 0 heterocycles. The van der Waals surface area contributed by atoms with E-state index in [4.69, 9.17) is 9.47 Å². The first-order valence-corrected chi connectivity index (χ1v) is 7.86. The monoisotopic (exact) mass is 339 g/mol. The Hall–Kier alpha value is -3.08. The van der Waals surface area contributed by atoms with E-state index in [1.165, 1.54) is 13.2 Å². The second kappa shape index (κ2) is 9.27. The molecule has 0 fully saturated rings. The summed E-state index contributed by atoms with van der Waals surface area (Å²) in [7, 11) is 2.89. The minimum atomic E-state index is -0.741. The zero-order valence-electron chi connectivity index (χ0n) is 14.3. The summed E-state index contributed by atoms with van der Waals surface area (Å²) in [5.74, 6) is -0.139. The molecule has 0 aliphatic carbocycles. The molecule has 0 radical (unpaired) electrons. The van der Waals surface area contributed by atoms with Gasteiger partial charge in [-0.3, -0.25) is 4.79 Å². The highest BCUT2D eigenvalue weighted by Crippen LogP contribution is 2.13. The van der Waals surface area contributed by atoms with Gasteiger partial charge >= 0.3 is 5.97 Å². The lowest BCUT2D eigenvalue weighted by Gasteiger charge is -2.15. The lowest BCUT2D eigenvalue weighted by atomic mass is 10.1. The third-order valence-corrected chi connectivity index (χ3v) is 3.61. The van der Waals surface area contributed by atoms with Crippen molar-refractivity contribution in [3.63, 3.8) is 0 Å². The van der Waals surface area contributed by atoms with Crippen LogP contribution in [-0.2, 0) is 20.7 Å². The summed E-state index contributed by atoms with van der Waals surface area (Å²) in [6.07, 6.45) is 3.41. The van der Waals surface area contributed by atoms with Gasteiger partial charge in [-0.25, -0.2) is 4.79 Å². The van der Waals surface area contributed by atoms with E-state index in [0.717, 1.165) is 11.1 Å². The van der Waals surface area contributed by atoms with E-state index in [1.54, 1.807) is 13.2 Å². The lowest BCUT2D eigenvalue weighted by molar-refractivity contribution is -0.144. The first-order valence-electron chi connectivity index (χ1n) is 7.86. The first-order chi connectivity index (χ1) is 12.1. The molecule has 2 aromatic rings. The minimum absolute atomic E-state index is 0.367. The van der Waals surface area contributed by atoms with Crippen LogP contribution in [-0.4, -0.2) is 32.1 Å². The number of carbonyl (C=O) groups is 2. The summed E-state index contributed by atoms with van der Waals surface area (Å²) in [5.41, 5.74) is 1.77. The molecule has 0 spiro atoms. The van der Waals surface area contributed by atoms with E-state index < -0.39 is 12.0 Å². The molecule has 1 N–H and O–H groups in total. The predicted molar refractivity (Wildman–Crippen MR) is 96.1 cm³/mol. The van der Waals surface area contributed by atoms with Crippen LogP contribution in [0.15, 0.2) is 60.7 Å². The van der Waals surface area contributed by atoms with E-state index in [1.807, 2.05) is 54.6 Å². The van der Waals surface area contributed by atoms with Crippen LogP contribution in [0.1, 0.15) is 11.1 Å². The van der Waals surface area contributed by atoms with Gasteiger partial charge in [-0.15, -0.1) is 0 Å². The van der Waals surface area contributed by atoms with E-state index in [9.17, 15) is 9.59 Å². The molecule has 1 unspecified atom stereocenters. The number of ether oxygens (including phenoxy) is 2. The zero-order chi connectivity index (χ0) is 18.1. The highest BCUT2D eigenvalue weighted by atomic mass is 16.5. The summed E-state index contributed by atoms with van der Waals surface area (Å²) in [4.78, 5) is 24.1. The number of hydrogen-bond acceptors (Lipinski definition) is 4. The SMILES string of the molecule is COC(=O)C(Cc1ccccc1)NC(=O)/C=C/c1cccc(OC)c1. The molecule has 1 atom stereocenters. The van der Waals surface area contributed by atoms with Gasteiger partial charge in [0.1, 0.15) is 11.8 Å². The van der Waals surface area contributed by atoms with Gasteiger partial charge in [0, 0.05) is 12.5 Å². The fourth-order valence-electron chi connectivity index (χ4n) is 2.32. The van der Waals surface area contributed by atoms with Crippen molar-refractivity contribution in [3.05, 3.63) is 71.8 Å². The smallest absolute Gasteiger partial charge is 0.328 e. The average molecular weight is 339 g/mol. The number of rotatable bonds is 7. The molecule has 25 heavy (non-hydrogen) atoms. The van der Waals surface area contributed by atoms with Crippen LogP contribution in [0.5, 0.6) is 5.75 Å². The van der Waals surface area contributed by atoms with Gasteiger partial charge < -0.3 is 14.8 Å². The second-order valence-electron chi connectivity index (χ2n) is 5.38. The number of methoxy groups -OCH3 is 2. The van der Waals surface area contributed by atoms with Crippen molar-refractivity contribution in [2.45, 2.75) is 12.5 Å². The van der Waals surface area contributed by atoms with Gasteiger partial charge in [0.15, 0.2) is 0 Å². The highest BCUT2D eigenvalue weighted by Gasteiger charge is 2.20. The standard InChI is InChI=1S/C20H21NO4/c1-24-17-10-6-9-16(13-17)11-12-19(22)21-18(20(23)25-2)14-15-7-4-3-5-8-15/h3-13,18H,14H2,1-2H3,(H,21,22)/b12-11+. The number of carbonyl (C=O) groups excluding carboxylic acids is 2. The van der Waals surface area contributed by atoms with Gasteiger partial charge in [0.2, 0.25) is 5.91 Å².